The van der Waals surface area contributed by atoms with Gasteiger partial charge in [0, 0.05) is 11.6 Å². The fourth-order valence-corrected chi connectivity index (χ4v) is 1.80. The van der Waals surface area contributed by atoms with Gasteiger partial charge in [-0.3, -0.25) is 9.36 Å². The Morgan fingerprint density at radius 3 is 2.75 bits per heavy atom. The zero-order valence-corrected chi connectivity index (χ0v) is 9.60. The summed E-state index contributed by atoms with van der Waals surface area (Å²) in [4.78, 5) is 11.6. The molecule has 0 aliphatic heterocycles. The van der Waals surface area contributed by atoms with Crippen molar-refractivity contribution in [3.05, 3.63) is 48.7 Å². The van der Waals surface area contributed by atoms with Gasteiger partial charge in [0.25, 0.3) is 5.91 Å². The molecule has 0 amide bonds. The lowest BCUT2D eigenvalue weighted by Gasteiger charge is -2.06. The fraction of sp³-hybridized carbons (Fsp3) is 0.214. The average Bonchev–Trinajstić information content (AvgIpc) is 2.70. The lowest BCUT2D eigenvalue weighted by atomic mass is 10.0. The van der Waals surface area contributed by atoms with Crippen molar-refractivity contribution in [3.8, 4) is 0 Å². The van der Waals surface area contributed by atoms with E-state index in [2.05, 4.69) is 38.6 Å². The second-order valence-electron chi connectivity index (χ2n) is 4.20. The molecule has 0 aliphatic carbocycles. The number of aromatic nitrogens is 1. The highest BCUT2D eigenvalue weighted by molar-refractivity contribution is 5.98. The van der Waals surface area contributed by atoms with Crippen LogP contribution >= 0.6 is 0 Å². The highest BCUT2D eigenvalue weighted by atomic mass is 16.1. The third-order valence-corrected chi connectivity index (χ3v) is 2.80. The van der Waals surface area contributed by atoms with E-state index in [-0.39, 0.29) is 5.91 Å². The molecule has 0 N–H and O–H groups in total. The van der Waals surface area contributed by atoms with E-state index in [4.69, 9.17) is 0 Å². The number of rotatable bonds is 2. The molecule has 2 aromatic rings. The van der Waals surface area contributed by atoms with Crippen LogP contribution < -0.4 is 0 Å². The summed E-state index contributed by atoms with van der Waals surface area (Å²) >= 11 is 0. The number of allylic oxidation sites excluding steroid dienone is 1. The second-order valence-corrected chi connectivity index (χ2v) is 4.20. The Morgan fingerprint density at radius 2 is 2.12 bits per heavy atom. The average molecular weight is 213 g/mol. The normalized spacial score (nSPS) is 10.9. The molecule has 1 aromatic carbocycles. The van der Waals surface area contributed by atoms with Crippen molar-refractivity contribution in [2.24, 2.45) is 0 Å². The lowest BCUT2D eigenvalue weighted by Crippen LogP contribution is -2.04. The summed E-state index contributed by atoms with van der Waals surface area (Å²) in [5.74, 6) is 0.377. The van der Waals surface area contributed by atoms with Gasteiger partial charge in [0.05, 0.1) is 5.52 Å². The Hall–Kier alpha value is -1.83. The molecule has 1 aromatic heterocycles. The van der Waals surface area contributed by atoms with E-state index >= 15 is 0 Å². The summed E-state index contributed by atoms with van der Waals surface area (Å²) in [6.07, 6.45) is 3.13. The highest BCUT2D eigenvalue weighted by Crippen LogP contribution is 2.22. The number of carbonyl (C=O) groups excluding carboxylic acids is 1. The van der Waals surface area contributed by atoms with Gasteiger partial charge in [-0.05, 0) is 29.7 Å². The van der Waals surface area contributed by atoms with Gasteiger partial charge in [-0.25, -0.2) is 0 Å². The summed E-state index contributed by atoms with van der Waals surface area (Å²) in [6.45, 7) is 7.80. The van der Waals surface area contributed by atoms with Crippen molar-refractivity contribution < 1.29 is 4.79 Å². The predicted octanol–water partition coefficient (Wildman–Crippen LogP) is 3.59. The molecule has 0 fully saturated rings. The number of fused-ring (bicyclic) bond motifs is 1. The van der Waals surface area contributed by atoms with Gasteiger partial charge in [0.15, 0.2) is 0 Å². The number of benzene rings is 1. The Kier molecular flexibility index (Phi) is 2.65. The van der Waals surface area contributed by atoms with Crippen LogP contribution in [-0.4, -0.2) is 10.5 Å². The van der Waals surface area contributed by atoms with Crippen LogP contribution in [0, 0.1) is 0 Å². The Balaban J connectivity index is 2.64. The largest absolute Gasteiger partial charge is 0.284 e. The maximum atomic E-state index is 11.6. The monoisotopic (exact) mass is 213 g/mol. The first kappa shape index (κ1) is 10.7. The topological polar surface area (TPSA) is 22.0 Å². The van der Waals surface area contributed by atoms with E-state index < -0.39 is 0 Å². The van der Waals surface area contributed by atoms with Gasteiger partial charge in [-0.1, -0.05) is 32.6 Å². The zero-order chi connectivity index (χ0) is 11.7. The minimum atomic E-state index is -0.0871. The van der Waals surface area contributed by atoms with Crippen LogP contribution in [0.3, 0.4) is 0 Å². The van der Waals surface area contributed by atoms with Crippen LogP contribution in [0.1, 0.15) is 30.1 Å². The first-order chi connectivity index (χ1) is 7.63. The van der Waals surface area contributed by atoms with E-state index in [1.54, 1.807) is 10.8 Å². The van der Waals surface area contributed by atoms with Crippen LogP contribution in [-0.2, 0) is 0 Å². The standard InChI is InChI=1S/C14H15NO/c1-4-14(16)15-8-7-11-5-6-12(10(2)3)9-13(11)15/h4-10H,1H2,2-3H3. The quantitative estimate of drug-likeness (QED) is 0.699. The van der Waals surface area contributed by atoms with E-state index in [0.717, 1.165) is 10.9 Å². The van der Waals surface area contributed by atoms with E-state index in [0.29, 0.717) is 5.92 Å². The van der Waals surface area contributed by atoms with Crippen molar-refractivity contribution in [2.45, 2.75) is 19.8 Å². The molecule has 0 aliphatic rings. The zero-order valence-electron chi connectivity index (χ0n) is 9.60. The van der Waals surface area contributed by atoms with Crippen molar-refractivity contribution >= 4 is 16.8 Å². The predicted molar refractivity (Wildman–Crippen MR) is 66.9 cm³/mol. The molecule has 0 unspecified atom stereocenters. The summed E-state index contributed by atoms with van der Waals surface area (Å²) in [7, 11) is 0. The van der Waals surface area contributed by atoms with Crippen LogP contribution in [0.4, 0.5) is 0 Å². The van der Waals surface area contributed by atoms with Crippen molar-refractivity contribution in [1.29, 1.82) is 0 Å². The first-order valence-electron chi connectivity index (χ1n) is 5.41. The van der Waals surface area contributed by atoms with Crippen molar-refractivity contribution in [1.82, 2.24) is 4.57 Å². The number of carbonyl (C=O) groups is 1. The fourth-order valence-electron chi connectivity index (χ4n) is 1.80. The molecule has 82 valence electrons. The summed E-state index contributed by atoms with van der Waals surface area (Å²) in [5, 5.41) is 1.08. The molecule has 2 nitrogen and oxygen atoms in total. The van der Waals surface area contributed by atoms with E-state index in [9.17, 15) is 4.79 Å². The number of hydrogen-bond acceptors (Lipinski definition) is 1. The molecule has 1 heterocycles. The Bertz CT molecular complexity index is 549. The minimum absolute atomic E-state index is 0.0871. The van der Waals surface area contributed by atoms with Crippen LogP contribution in [0.2, 0.25) is 0 Å². The maximum Gasteiger partial charge on any atom is 0.254 e. The molecule has 0 spiro atoms. The van der Waals surface area contributed by atoms with Gasteiger partial charge in [-0.15, -0.1) is 0 Å². The molecule has 2 rings (SSSR count). The van der Waals surface area contributed by atoms with Crippen molar-refractivity contribution in [3.63, 3.8) is 0 Å². The van der Waals surface area contributed by atoms with Crippen LogP contribution in [0.25, 0.3) is 10.9 Å². The third kappa shape index (κ3) is 1.67. The minimum Gasteiger partial charge on any atom is -0.284 e. The first-order valence-corrected chi connectivity index (χ1v) is 5.41. The molecule has 0 radical (unpaired) electrons. The van der Waals surface area contributed by atoms with Crippen LogP contribution in [0.5, 0.6) is 0 Å². The Morgan fingerprint density at radius 1 is 1.38 bits per heavy atom. The van der Waals surface area contributed by atoms with Gasteiger partial charge in [0.1, 0.15) is 0 Å². The number of nitrogens with zero attached hydrogens (tertiary/aromatic N) is 1. The molecule has 0 atom stereocenters. The van der Waals surface area contributed by atoms with Gasteiger partial charge in [-0.2, -0.15) is 0 Å². The Labute approximate surface area is 95.2 Å². The third-order valence-electron chi connectivity index (χ3n) is 2.80. The maximum absolute atomic E-state index is 11.6. The second kappa shape index (κ2) is 3.97. The van der Waals surface area contributed by atoms with E-state index in [1.165, 1.54) is 11.6 Å². The smallest absolute Gasteiger partial charge is 0.254 e. The van der Waals surface area contributed by atoms with Gasteiger partial charge in [0.2, 0.25) is 0 Å². The summed E-state index contributed by atoms with van der Waals surface area (Å²) in [5.41, 5.74) is 2.19. The molecule has 0 saturated carbocycles. The molecular formula is C14H15NO. The summed E-state index contributed by atoms with van der Waals surface area (Å²) < 4.78 is 1.63. The SMILES string of the molecule is C=CC(=O)n1ccc2ccc(C(C)C)cc21. The molecule has 0 bridgehead atoms. The molecule has 16 heavy (non-hydrogen) atoms. The van der Waals surface area contributed by atoms with E-state index in [1.807, 2.05) is 6.07 Å². The lowest BCUT2D eigenvalue weighted by molar-refractivity contribution is 0.0974. The molecular weight excluding hydrogens is 198 g/mol. The van der Waals surface area contributed by atoms with Gasteiger partial charge >= 0.3 is 0 Å². The number of hydrogen-bond donors (Lipinski definition) is 0. The highest BCUT2D eigenvalue weighted by Gasteiger charge is 2.07. The molecule has 0 saturated heterocycles. The van der Waals surface area contributed by atoms with Crippen molar-refractivity contribution in [2.75, 3.05) is 0 Å². The summed E-state index contributed by atoms with van der Waals surface area (Å²) in [6, 6.07) is 8.18. The van der Waals surface area contributed by atoms with Crippen LogP contribution in [0.15, 0.2) is 43.1 Å². The molecule has 2 heteroatoms. The van der Waals surface area contributed by atoms with Gasteiger partial charge < -0.3 is 0 Å².